The molecule has 21 heavy (non-hydrogen) atoms. The molecular weight excluding hydrogens is 276 g/mol. The second-order valence-electron chi connectivity index (χ2n) is 5.49. The summed E-state index contributed by atoms with van der Waals surface area (Å²) < 4.78 is 9.72. The van der Waals surface area contributed by atoms with Crippen LogP contribution in [-0.2, 0) is 23.9 Å². The van der Waals surface area contributed by atoms with E-state index in [1.54, 1.807) is 33.8 Å². The second kappa shape index (κ2) is 8.44. The molecule has 0 rings (SSSR count). The van der Waals surface area contributed by atoms with Crippen LogP contribution in [0, 0.1) is 11.3 Å². The highest BCUT2D eigenvalue weighted by molar-refractivity contribution is 5.79. The summed E-state index contributed by atoms with van der Waals surface area (Å²) in [5.41, 5.74) is -0.120. The Balaban J connectivity index is 4.55. The van der Waals surface area contributed by atoms with Gasteiger partial charge in [0.1, 0.15) is 0 Å². The third-order valence-corrected chi connectivity index (χ3v) is 3.12. The minimum Gasteiger partial charge on any atom is -0.481 e. The molecule has 0 fully saturated rings. The van der Waals surface area contributed by atoms with E-state index >= 15 is 0 Å². The molecule has 0 aromatic rings. The summed E-state index contributed by atoms with van der Waals surface area (Å²) in [5.74, 6) is -2.24. The van der Waals surface area contributed by atoms with Crippen molar-refractivity contribution in [2.75, 3.05) is 13.7 Å². The van der Waals surface area contributed by atoms with Gasteiger partial charge in [-0.25, -0.2) is 0 Å². The molecule has 6 nitrogen and oxygen atoms in total. The Morgan fingerprint density at radius 2 is 1.86 bits per heavy atom. The third-order valence-electron chi connectivity index (χ3n) is 3.12. The molecule has 0 bridgehead atoms. The van der Waals surface area contributed by atoms with Crippen LogP contribution in [0.1, 0.15) is 40.5 Å². The van der Waals surface area contributed by atoms with Crippen molar-refractivity contribution in [2.24, 2.45) is 11.3 Å². The predicted molar refractivity (Wildman–Crippen MR) is 76.5 cm³/mol. The molecular formula is C15H24O6. The van der Waals surface area contributed by atoms with E-state index in [0.717, 1.165) is 0 Å². The summed E-state index contributed by atoms with van der Waals surface area (Å²) in [6.45, 7) is 6.90. The van der Waals surface area contributed by atoms with E-state index in [0.29, 0.717) is 5.57 Å². The molecule has 1 atom stereocenters. The van der Waals surface area contributed by atoms with E-state index in [9.17, 15) is 14.4 Å². The van der Waals surface area contributed by atoms with E-state index < -0.39 is 23.3 Å². The molecule has 0 spiro atoms. The van der Waals surface area contributed by atoms with Gasteiger partial charge in [-0.1, -0.05) is 11.6 Å². The molecule has 6 heteroatoms. The predicted octanol–water partition coefficient (Wildman–Crippen LogP) is 2.18. The molecule has 0 aromatic carbocycles. The average Bonchev–Trinajstić information content (AvgIpc) is 2.40. The van der Waals surface area contributed by atoms with Gasteiger partial charge in [-0.3, -0.25) is 14.4 Å². The number of ether oxygens (including phenoxy) is 2. The van der Waals surface area contributed by atoms with Crippen molar-refractivity contribution in [2.45, 2.75) is 40.5 Å². The maximum absolute atomic E-state index is 11.8. The molecule has 0 radical (unpaired) electrons. The highest BCUT2D eigenvalue weighted by Gasteiger charge is 2.28. The average molecular weight is 300 g/mol. The van der Waals surface area contributed by atoms with E-state index in [2.05, 4.69) is 0 Å². The van der Waals surface area contributed by atoms with E-state index in [4.69, 9.17) is 14.6 Å². The molecule has 0 saturated heterocycles. The van der Waals surface area contributed by atoms with Gasteiger partial charge in [0.2, 0.25) is 0 Å². The minimum atomic E-state index is -0.921. The van der Waals surface area contributed by atoms with Crippen LogP contribution in [0.15, 0.2) is 11.6 Å². The maximum Gasteiger partial charge on any atom is 0.315 e. The van der Waals surface area contributed by atoms with Crippen molar-refractivity contribution in [3.63, 3.8) is 0 Å². The fourth-order valence-corrected chi connectivity index (χ4v) is 1.72. The number of methoxy groups -OCH3 is 1. The van der Waals surface area contributed by atoms with Crippen LogP contribution < -0.4 is 0 Å². The van der Waals surface area contributed by atoms with Crippen LogP contribution in [0.5, 0.6) is 0 Å². The SMILES string of the molecule is COC(=O)C(C)(C)C=C(C)C(C)C(=O)OCCCC(=O)O. The molecule has 0 aliphatic rings. The van der Waals surface area contributed by atoms with Crippen molar-refractivity contribution >= 4 is 17.9 Å². The number of carbonyl (C=O) groups excluding carboxylic acids is 2. The number of hydrogen-bond acceptors (Lipinski definition) is 5. The number of aliphatic carboxylic acids is 1. The highest BCUT2D eigenvalue weighted by Crippen LogP contribution is 2.24. The molecule has 0 amide bonds. The van der Waals surface area contributed by atoms with Gasteiger partial charge in [0, 0.05) is 6.42 Å². The first-order chi connectivity index (χ1) is 9.61. The van der Waals surface area contributed by atoms with E-state index in [1.165, 1.54) is 7.11 Å². The minimum absolute atomic E-state index is 0.0359. The Morgan fingerprint density at radius 3 is 2.33 bits per heavy atom. The summed E-state index contributed by atoms with van der Waals surface area (Å²) in [7, 11) is 1.31. The van der Waals surface area contributed by atoms with Crippen LogP contribution in [0.4, 0.5) is 0 Å². The van der Waals surface area contributed by atoms with Gasteiger partial charge in [0.15, 0.2) is 0 Å². The van der Waals surface area contributed by atoms with Crippen molar-refractivity contribution in [1.82, 2.24) is 0 Å². The van der Waals surface area contributed by atoms with E-state index in [1.807, 2.05) is 0 Å². The summed E-state index contributed by atoms with van der Waals surface area (Å²) in [4.78, 5) is 33.8. The lowest BCUT2D eigenvalue weighted by Gasteiger charge is -2.20. The number of carbonyl (C=O) groups is 3. The Hall–Kier alpha value is -1.85. The van der Waals surface area contributed by atoms with Gasteiger partial charge in [0.25, 0.3) is 0 Å². The smallest absolute Gasteiger partial charge is 0.315 e. The third kappa shape index (κ3) is 6.92. The Morgan fingerprint density at radius 1 is 1.29 bits per heavy atom. The number of carboxylic acid groups (broad SMARTS) is 1. The van der Waals surface area contributed by atoms with Crippen molar-refractivity contribution in [3.05, 3.63) is 11.6 Å². The number of hydrogen-bond donors (Lipinski definition) is 1. The molecule has 0 aliphatic carbocycles. The Kier molecular flexibility index (Phi) is 7.70. The lowest BCUT2D eigenvalue weighted by atomic mass is 9.88. The maximum atomic E-state index is 11.8. The summed E-state index contributed by atoms with van der Waals surface area (Å²) in [6.07, 6.45) is 1.93. The lowest BCUT2D eigenvalue weighted by Crippen LogP contribution is -2.25. The molecule has 0 saturated carbocycles. The van der Waals surface area contributed by atoms with Gasteiger partial charge in [-0.2, -0.15) is 0 Å². The zero-order valence-electron chi connectivity index (χ0n) is 13.3. The fourth-order valence-electron chi connectivity index (χ4n) is 1.72. The molecule has 0 aromatic heterocycles. The largest absolute Gasteiger partial charge is 0.481 e. The molecule has 120 valence electrons. The quantitative estimate of drug-likeness (QED) is 0.420. The van der Waals surface area contributed by atoms with Crippen molar-refractivity contribution in [1.29, 1.82) is 0 Å². The second-order valence-corrected chi connectivity index (χ2v) is 5.49. The van der Waals surface area contributed by atoms with Crippen LogP contribution in [0.3, 0.4) is 0 Å². The summed E-state index contributed by atoms with van der Waals surface area (Å²) >= 11 is 0. The number of esters is 2. The van der Waals surface area contributed by atoms with Gasteiger partial charge in [-0.15, -0.1) is 0 Å². The van der Waals surface area contributed by atoms with Crippen LogP contribution in [0.2, 0.25) is 0 Å². The summed E-state index contributed by atoms with van der Waals surface area (Å²) in [5, 5.41) is 8.49. The van der Waals surface area contributed by atoms with Gasteiger partial charge < -0.3 is 14.6 Å². The van der Waals surface area contributed by atoms with Crippen LogP contribution in [-0.4, -0.2) is 36.7 Å². The number of rotatable bonds is 8. The first kappa shape index (κ1) is 19.1. The normalized spacial score (nSPS) is 13.5. The van der Waals surface area contributed by atoms with Crippen molar-refractivity contribution < 1.29 is 29.0 Å². The number of carboxylic acids is 1. The zero-order chi connectivity index (χ0) is 16.6. The topological polar surface area (TPSA) is 89.9 Å². The first-order valence-electron chi connectivity index (χ1n) is 6.78. The monoisotopic (exact) mass is 300 g/mol. The van der Waals surface area contributed by atoms with Gasteiger partial charge in [0.05, 0.1) is 25.0 Å². The van der Waals surface area contributed by atoms with Crippen LogP contribution >= 0.6 is 0 Å². The lowest BCUT2D eigenvalue weighted by molar-refractivity contribution is -0.149. The highest BCUT2D eigenvalue weighted by atomic mass is 16.5. The van der Waals surface area contributed by atoms with Gasteiger partial charge in [-0.05, 0) is 34.1 Å². The zero-order valence-corrected chi connectivity index (χ0v) is 13.3. The summed E-state index contributed by atoms with van der Waals surface area (Å²) in [6, 6.07) is 0. The Bertz CT molecular complexity index is 422. The molecule has 0 aliphatic heterocycles. The van der Waals surface area contributed by atoms with Crippen LogP contribution in [0.25, 0.3) is 0 Å². The molecule has 1 N–H and O–H groups in total. The Labute approximate surface area is 125 Å². The fraction of sp³-hybridized carbons (Fsp3) is 0.667. The standard InChI is InChI=1S/C15H24O6/c1-10(9-15(3,4)14(19)20-5)11(2)13(18)21-8-6-7-12(16)17/h9,11H,6-8H2,1-5H3,(H,16,17). The molecule has 1 unspecified atom stereocenters. The molecule has 0 heterocycles. The van der Waals surface area contributed by atoms with Crippen molar-refractivity contribution in [3.8, 4) is 0 Å². The van der Waals surface area contributed by atoms with E-state index in [-0.39, 0.29) is 25.4 Å². The van der Waals surface area contributed by atoms with Gasteiger partial charge >= 0.3 is 17.9 Å². The first-order valence-corrected chi connectivity index (χ1v) is 6.78.